The van der Waals surface area contributed by atoms with Crippen LogP contribution in [0.25, 0.3) is 0 Å². The second-order valence-corrected chi connectivity index (χ2v) is 5.73. The van der Waals surface area contributed by atoms with E-state index >= 15 is 0 Å². The van der Waals surface area contributed by atoms with E-state index in [1.165, 1.54) is 32.2 Å². The summed E-state index contributed by atoms with van der Waals surface area (Å²) in [5, 5.41) is 0. The monoisotopic (exact) mass is 197 g/mol. The van der Waals surface area contributed by atoms with Crippen LogP contribution < -0.4 is 0 Å². The van der Waals surface area contributed by atoms with Gasteiger partial charge >= 0.3 is 0 Å². The van der Waals surface area contributed by atoms with E-state index in [1.54, 1.807) is 0 Å². The van der Waals surface area contributed by atoms with Gasteiger partial charge in [0.2, 0.25) is 0 Å². The second kappa shape index (κ2) is 3.82. The van der Waals surface area contributed by atoms with Gasteiger partial charge in [0.05, 0.1) is 6.10 Å². The molecule has 2 nitrogen and oxygen atoms in total. The molecule has 0 bridgehead atoms. The quantitative estimate of drug-likeness (QED) is 0.687. The van der Waals surface area contributed by atoms with Gasteiger partial charge in [-0.2, -0.15) is 0 Å². The van der Waals surface area contributed by atoms with Crippen molar-refractivity contribution in [2.24, 2.45) is 11.3 Å². The summed E-state index contributed by atoms with van der Waals surface area (Å²) in [6.45, 7) is 4.67. The number of ether oxygens (including phenoxy) is 1. The van der Waals surface area contributed by atoms with Crippen LogP contribution >= 0.6 is 0 Å². The Kier molecular flexibility index (Phi) is 2.85. The number of rotatable bonds is 3. The summed E-state index contributed by atoms with van der Waals surface area (Å²) in [6.07, 6.45) is 5.93. The van der Waals surface area contributed by atoms with Crippen molar-refractivity contribution >= 4 is 0 Å². The number of nitrogens with zero attached hydrogens (tertiary/aromatic N) is 1. The normalized spacial score (nSPS) is 42.0. The first-order valence-electron chi connectivity index (χ1n) is 5.85. The van der Waals surface area contributed by atoms with Crippen LogP contribution in [0.5, 0.6) is 0 Å². The van der Waals surface area contributed by atoms with Crippen LogP contribution in [0.1, 0.15) is 32.6 Å². The zero-order valence-corrected chi connectivity index (χ0v) is 9.75. The summed E-state index contributed by atoms with van der Waals surface area (Å²) < 4.78 is 5.77. The molecule has 2 fully saturated rings. The van der Waals surface area contributed by atoms with E-state index in [9.17, 15) is 0 Å². The Morgan fingerprint density at radius 2 is 2.14 bits per heavy atom. The number of hydrogen-bond donors (Lipinski definition) is 0. The maximum atomic E-state index is 5.77. The molecule has 0 aromatic rings. The molecule has 0 N–H and O–H groups in total. The molecule has 1 heterocycles. The first kappa shape index (κ1) is 10.4. The van der Waals surface area contributed by atoms with Crippen molar-refractivity contribution in [3.05, 3.63) is 0 Å². The van der Waals surface area contributed by atoms with Gasteiger partial charge in [0.1, 0.15) is 0 Å². The van der Waals surface area contributed by atoms with Crippen LogP contribution in [-0.4, -0.2) is 38.3 Å². The molecule has 0 spiro atoms. The molecular formula is C12H23NO. The number of fused-ring (bicyclic) bond motifs is 1. The van der Waals surface area contributed by atoms with Crippen molar-refractivity contribution in [1.82, 2.24) is 4.90 Å². The molecule has 1 saturated carbocycles. The molecule has 14 heavy (non-hydrogen) atoms. The fourth-order valence-electron chi connectivity index (χ4n) is 3.05. The van der Waals surface area contributed by atoms with Gasteiger partial charge in [0, 0.05) is 6.61 Å². The minimum Gasteiger partial charge on any atom is -0.378 e. The summed E-state index contributed by atoms with van der Waals surface area (Å²) in [5.41, 5.74) is 0.556. The van der Waals surface area contributed by atoms with Gasteiger partial charge in [-0.3, -0.25) is 0 Å². The van der Waals surface area contributed by atoms with Gasteiger partial charge in [0.25, 0.3) is 0 Å². The highest BCUT2D eigenvalue weighted by Crippen LogP contribution is 2.49. The molecule has 1 aliphatic carbocycles. The van der Waals surface area contributed by atoms with Crippen molar-refractivity contribution in [2.45, 2.75) is 38.7 Å². The molecule has 0 radical (unpaired) electrons. The average molecular weight is 197 g/mol. The Balaban J connectivity index is 1.86. The van der Waals surface area contributed by atoms with Gasteiger partial charge in [-0.25, -0.2) is 0 Å². The van der Waals surface area contributed by atoms with Crippen LogP contribution in [0.4, 0.5) is 0 Å². The maximum absolute atomic E-state index is 5.77. The summed E-state index contributed by atoms with van der Waals surface area (Å²) in [6, 6.07) is 0. The smallest absolute Gasteiger partial charge is 0.0609 e. The van der Waals surface area contributed by atoms with E-state index in [-0.39, 0.29) is 0 Å². The van der Waals surface area contributed by atoms with Crippen molar-refractivity contribution < 1.29 is 4.74 Å². The Morgan fingerprint density at radius 3 is 2.79 bits per heavy atom. The van der Waals surface area contributed by atoms with Crippen LogP contribution in [0.15, 0.2) is 0 Å². The topological polar surface area (TPSA) is 12.5 Å². The molecule has 0 aromatic heterocycles. The summed E-state index contributed by atoms with van der Waals surface area (Å²) >= 11 is 0. The molecule has 0 amide bonds. The summed E-state index contributed by atoms with van der Waals surface area (Å²) in [4.78, 5) is 2.29. The molecule has 2 heteroatoms. The standard InChI is InChI=1S/C12H23NO/c1-12(5-6-13(2)3)8-10-4-7-14-11(10)9-12/h10-11H,4-9H2,1-3H3. The third-order valence-electron chi connectivity index (χ3n) is 3.96. The number of hydrogen-bond acceptors (Lipinski definition) is 2. The highest BCUT2D eigenvalue weighted by Gasteiger charge is 2.44. The minimum atomic E-state index is 0.556. The van der Waals surface area contributed by atoms with E-state index in [2.05, 4.69) is 25.9 Å². The second-order valence-electron chi connectivity index (χ2n) is 5.73. The van der Waals surface area contributed by atoms with Gasteiger partial charge in [-0.1, -0.05) is 6.92 Å². The summed E-state index contributed by atoms with van der Waals surface area (Å²) in [5.74, 6) is 0.877. The predicted molar refractivity (Wildman–Crippen MR) is 58.4 cm³/mol. The first-order chi connectivity index (χ1) is 6.59. The Bertz CT molecular complexity index is 190. The van der Waals surface area contributed by atoms with E-state index in [1.807, 2.05) is 0 Å². The van der Waals surface area contributed by atoms with Crippen molar-refractivity contribution in [3.8, 4) is 0 Å². The maximum Gasteiger partial charge on any atom is 0.0609 e. The predicted octanol–water partition coefficient (Wildman–Crippen LogP) is 2.14. The SMILES string of the molecule is CN(C)CCC1(C)CC2CCOC2C1. The van der Waals surface area contributed by atoms with Crippen LogP contribution in [0.3, 0.4) is 0 Å². The molecule has 3 unspecified atom stereocenters. The molecule has 2 aliphatic rings. The summed E-state index contributed by atoms with van der Waals surface area (Å²) in [7, 11) is 4.32. The molecule has 1 saturated heterocycles. The van der Waals surface area contributed by atoms with Crippen molar-refractivity contribution in [1.29, 1.82) is 0 Å². The van der Waals surface area contributed by atoms with Gasteiger partial charge in [-0.05, 0) is 57.7 Å². The van der Waals surface area contributed by atoms with Gasteiger partial charge in [0.15, 0.2) is 0 Å². The highest BCUT2D eigenvalue weighted by atomic mass is 16.5. The lowest BCUT2D eigenvalue weighted by molar-refractivity contribution is 0.0870. The van der Waals surface area contributed by atoms with Gasteiger partial charge < -0.3 is 9.64 Å². The van der Waals surface area contributed by atoms with E-state index < -0.39 is 0 Å². The van der Waals surface area contributed by atoms with E-state index in [0.717, 1.165) is 12.5 Å². The van der Waals surface area contributed by atoms with Crippen LogP contribution in [-0.2, 0) is 4.74 Å². The molecule has 3 atom stereocenters. The average Bonchev–Trinajstić information content (AvgIpc) is 2.59. The Hall–Kier alpha value is -0.0800. The van der Waals surface area contributed by atoms with Gasteiger partial charge in [-0.15, -0.1) is 0 Å². The van der Waals surface area contributed by atoms with E-state index in [4.69, 9.17) is 4.74 Å². The molecule has 0 aromatic carbocycles. The van der Waals surface area contributed by atoms with E-state index in [0.29, 0.717) is 11.5 Å². The Morgan fingerprint density at radius 1 is 1.36 bits per heavy atom. The lowest BCUT2D eigenvalue weighted by Gasteiger charge is -2.26. The molecule has 82 valence electrons. The zero-order valence-electron chi connectivity index (χ0n) is 9.75. The zero-order chi connectivity index (χ0) is 10.2. The third kappa shape index (κ3) is 2.12. The van der Waals surface area contributed by atoms with Crippen molar-refractivity contribution in [3.63, 3.8) is 0 Å². The lowest BCUT2D eigenvalue weighted by atomic mass is 9.83. The first-order valence-corrected chi connectivity index (χ1v) is 5.85. The van der Waals surface area contributed by atoms with Crippen molar-refractivity contribution in [2.75, 3.05) is 27.2 Å². The molecule has 2 rings (SSSR count). The molecular weight excluding hydrogens is 174 g/mol. The fourth-order valence-corrected chi connectivity index (χ4v) is 3.05. The highest BCUT2D eigenvalue weighted by molar-refractivity contribution is 4.94. The lowest BCUT2D eigenvalue weighted by Crippen LogP contribution is -2.23. The molecule has 1 aliphatic heterocycles. The third-order valence-corrected chi connectivity index (χ3v) is 3.96. The van der Waals surface area contributed by atoms with Crippen LogP contribution in [0.2, 0.25) is 0 Å². The fraction of sp³-hybridized carbons (Fsp3) is 1.00. The largest absolute Gasteiger partial charge is 0.378 e. The minimum absolute atomic E-state index is 0.556. The Labute approximate surface area is 87.6 Å². The van der Waals surface area contributed by atoms with Crippen LogP contribution in [0, 0.1) is 11.3 Å².